The van der Waals surface area contributed by atoms with E-state index in [1.54, 1.807) is 7.11 Å². The molecule has 1 aliphatic carbocycles. The number of ether oxygens (including phenoxy) is 2. The Morgan fingerprint density at radius 2 is 1.86 bits per heavy atom. The maximum absolute atomic E-state index is 13.2. The molecule has 0 spiro atoms. The van der Waals surface area contributed by atoms with Gasteiger partial charge in [0.15, 0.2) is 5.78 Å². The molecule has 2 aliphatic rings. The molecule has 0 amide bonds. The molecule has 1 heterocycles. The molecule has 0 saturated carbocycles. The van der Waals surface area contributed by atoms with Crippen LogP contribution in [0.1, 0.15) is 35.8 Å². The number of Topliss-reactive ketones (excluding diaryl/α,β-unsaturated/α-hetero) is 1. The van der Waals surface area contributed by atoms with Gasteiger partial charge in [0.2, 0.25) is 5.88 Å². The predicted molar refractivity (Wildman–Crippen MR) is 104 cm³/mol. The number of carbonyl (C=O) groups is 1. The third-order valence-electron chi connectivity index (χ3n) is 5.36. The van der Waals surface area contributed by atoms with Gasteiger partial charge in [-0.1, -0.05) is 42.5 Å². The highest BCUT2D eigenvalue weighted by Gasteiger charge is 2.40. The van der Waals surface area contributed by atoms with Crippen molar-refractivity contribution in [2.75, 3.05) is 7.11 Å². The van der Waals surface area contributed by atoms with Crippen molar-refractivity contribution in [2.24, 2.45) is 5.73 Å². The van der Waals surface area contributed by atoms with Crippen molar-refractivity contribution in [3.05, 3.63) is 88.5 Å². The lowest BCUT2D eigenvalue weighted by atomic mass is 9.73. The molecule has 0 radical (unpaired) electrons. The second kappa shape index (κ2) is 7.24. The van der Waals surface area contributed by atoms with Crippen LogP contribution in [0.2, 0.25) is 0 Å². The summed E-state index contributed by atoms with van der Waals surface area (Å²) >= 11 is 0. The van der Waals surface area contributed by atoms with Crippen LogP contribution < -0.4 is 10.5 Å². The van der Waals surface area contributed by atoms with Crippen LogP contribution in [0.3, 0.4) is 0 Å². The molecular weight excluding hydrogens is 352 g/mol. The van der Waals surface area contributed by atoms with Crippen molar-refractivity contribution in [3.63, 3.8) is 0 Å². The molecular formula is C23H20N2O3. The van der Waals surface area contributed by atoms with Crippen LogP contribution in [0, 0.1) is 11.3 Å². The van der Waals surface area contributed by atoms with E-state index in [1.807, 2.05) is 54.6 Å². The van der Waals surface area contributed by atoms with Gasteiger partial charge >= 0.3 is 0 Å². The number of benzene rings is 2. The van der Waals surface area contributed by atoms with Gasteiger partial charge in [0.25, 0.3) is 0 Å². The van der Waals surface area contributed by atoms with E-state index in [-0.39, 0.29) is 23.2 Å². The van der Waals surface area contributed by atoms with Crippen LogP contribution in [0.5, 0.6) is 5.75 Å². The first-order valence-electron chi connectivity index (χ1n) is 9.15. The molecule has 2 N–H and O–H groups in total. The van der Waals surface area contributed by atoms with Gasteiger partial charge in [-0.2, -0.15) is 5.26 Å². The second-order valence-electron chi connectivity index (χ2n) is 6.98. The topological polar surface area (TPSA) is 85.3 Å². The molecule has 0 aromatic heterocycles. The zero-order chi connectivity index (χ0) is 19.7. The average Bonchev–Trinajstić information content (AvgIpc) is 2.73. The second-order valence-corrected chi connectivity index (χ2v) is 6.98. The Morgan fingerprint density at radius 1 is 1.11 bits per heavy atom. The Kier molecular flexibility index (Phi) is 4.62. The summed E-state index contributed by atoms with van der Waals surface area (Å²) in [5.41, 5.74) is 8.77. The number of nitrogens with two attached hydrogens (primary N) is 1. The molecule has 1 aliphatic heterocycles. The van der Waals surface area contributed by atoms with Gasteiger partial charge < -0.3 is 15.2 Å². The molecule has 5 nitrogen and oxygen atoms in total. The summed E-state index contributed by atoms with van der Waals surface area (Å²) in [6.45, 7) is 0. The summed E-state index contributed by atoms with van der Waals surface area (Å²) < 4.78 is 11.1. The van der Waals surface area contributed by atoms with E-state index in [0.29, 0.717) is 29.9 Å². The van der Waals surface area contributed by atoms with E-state index in [1.165, 1.54) is 0 Å². The lowest BCUT2D eigenvalue weighted by molar-refractivity contribution is -0.117. The normalized spacial score (nSPS) is 21.6. The molecule has 0 saturated heterocycles. The standard InChI is InChI=1S/C23H20N2O3/c1-27-17-9-5-8-15(10-17)21-18(13-24)23(25)28-20-12-16(11-19(26)22(20)21)14-6-3-2-4-7-14/h2-10,16,21H,11-12,25H2,1H3/t16-,21-/m0/s1. The number of nitrogens with zero attached hydrogens (tertiary/aromatic N) is 1. The molecule has 2 atom stereocenters. The highest BCUT2D eigenvalue weighted by molar-refractivity contribution is 6.00. The van der Waals surface area contributed by atoms with Gasteiger partial charge in [-0.05, 0) is 29.2 Å². The lowest BCUT2D eigenvalue weighted by Crippen LogP contribution is -2.29. The van der Waals surface area contributed by atoms with Crippen molar-refractivity contribution in [3.8, 4) is 11.8 Å². The molecule has 140 valence electrons. The molecule has 0 unspecified atom stereocenters. The Bertz CT molecular complexity index is 1030. The quantitative estimate of drug-likeness (QED) is 0.883. The van der Waals surface area contributed by atoms with Gasteiger partial charge in [-0.25, -0.2) is 0 Å². The average molecular weight is 372 g/mol. The minimum Gasteiger partial charge on any atom is -0.497 e. The Balaban J connectivity index is 1.80. The smallest absolute Gasteiger partial charge is 0.205 e. The van der Waals surface area contributed by atoms with Crippen molar-refractivity contribution < 1.29 is 14.3 Å². The van der Waals surface area contributed by atoms with E-state index in [0.717, 1.165) is 11.1 Å². The van der Waals surface area contributed by atoms with Crippen molar-refractivity contribution in [1.29, 1.82) is 5.26 Å². The molecule has 4 rings (SSSR count). The first kappa shape index (κ1) is 17.9. The predicted octanol–water partition coefficient (Wildman–Crippen LogP) is 3.90. The van der Waals surface area contributed by atoms with E-state index >= 15 is 0 Å². The first-order chi connectivity index (χ1) is 13.6. The fourth-order valence-electron chi connectivity index (χ4n) is 4.02. The fourth-order valence-corrected chi connectivity index (χ4v) is 4.02. The van der Waals surface area contributed by atoms with E-state index < -0.39 is 5.92 Å². The third kappa shape index (κ3) is 3.03. The summed E-state index contributed by atoms with van der Waals surface area (Å²) in [6.07, 6.45) is 0.955. The van der Waals surface area contributed by atoms with Crippen LogP contribution >= 0.6 is 0 Å². The van der Waals surface area contributed by atoms with Crippen LogP contribution in [0.15, 0.2) is 77.4 Å². The molecule has 28 heavy (non-hydrogen) atoms. The summed E-state index contributed by atoms with van der Waals surface area (Å²) in [5.74, 6) is 0.781. The molecule has 0 fully saturated rings. The fraction of sp³-hybridized carbons (Fsp3) is 0.217. The molecule has 5 heteroatoms. The van der Waals surface area contributed by atoms with E-state index in [4.69, 9.17) is 15.2 Å². The number of rotatable bonds is 3. The minimum atomic E-state index is -0.534. The Labute approximate surface area is 163 Å². The van der Waals surface area contributed by atoms with Crippen molar-refractivity contribution >= 4 is 5.78 Å². The number of allylic oxidation sites excluding steroid dienone is 3. The highest BCUT2D eigenvalue weighted by atomic mass is 16.5. The number of carbonyl (C=O) groups excluding carboxylic acids is 1. The zero-order valence-electron chi connectivity index (χ0n) is 15.5. The van der Waals surface area contributed by atoms with Crippen molar-refractivity contribution in [2.45, 2.75) is 24.7 Å². The number of hydrogen-bond donors (Lipinski definition) is 1. The van der Waals surface area contributed by atoms with Crippen LogP contribution in [-0.4, -0.2) is 12.9 Å². The van der Waals surface area contributed by atoms with Crippen LogP contribution in [-0.2, 0) is 9.53 Å². The largest absolute Gasteiger partial charge is 0.497 e. The van der Waals surface area contributed by atoms with Gasteiger partial charge in [-0.15, -0.1) is 0 Å². The number of ketones is 1. The maximum atomic E-state index is 13.2. The number of nitriles is 1. The van der Waals surface area contributed by atoms with Crippen LogP contribution in [0.4, 0.5) is 0 Å². The Hall–Kier alpha value is -3.52. The maximum Gasteiger partial charge on any atom is 0.205 e. The zero-order valence-corrected chi connectivity index (χ0v) is 15.5. The Morgan fingerprint density at radius 3 is 2.57 bits per heavy atom. The minimum absolute atomic E-state index is 0.0110. The van der Waals surface area contributed by atoms with Gasteiger partial charge in [0.1, 0.15) is 23.2 Å². The van der Waals surface area contributed by atoms with Gasteiger partial charge in [0, 0.05) is 18.4 Å². The summed E-state index contributed by atoms with van der Waals surface area (Å²) in [5, 5.41) is 9.69. The number of methoxy groups -OCH3 is 1. The summed E-state index contributed by atoms with van der Waals surface area (Å²) in [6, 6.07) is 19.4. The van der Waals surface area contributed by atoms with E-state index in [9.17, 15) is 10.1 Å². The first-order valence-corrected chi connectivity index (χ1v) is 9.15. The third-order valence-corrected chi connectivity index (χ3v) is 5.36. The molecule has 2 aromatic rings. The van der Waals surface area contributed by atoms with Gasteiger partial charge in [-0.3, -0.25) is 4.79 Å². The SMILES string of the molecule is COc1cccc([C@H]2C(C#N)=C(N)OC3=C2C(=O)C[C@H](c2ccccc2)C3)c1. The summed E-state index contributed by atoms with van der Waals surface area (Å²) in [4.78, 5) is 13.2. The monoisotopic (exact) mass is 372 g/mol. The van der Waals surface area contributed by atoms with E-state index in [2.05, 4.69) is 6.07 Å². The van der Waals surface area contributed by atoms with Crippen molar-refractivity contribution in [1.82, 2.24) is 0 Å². The molecule has 0 bridgehead atoms. The highest BCUT2D eigenvalue weighted by Crippen LogP contribution is 2.47. The van der Waals surface area contributed by atoms with Gasteiger partial charge in [0.05, 0.1) is 13.0 Å². The van der Waals surface area contributed by atoms with Crippen LogP contribution in [0.25, 0.3) is 0 Å². The molecule has 2 aromatic carbocycles. The number of hydrogen-bond acceptors (Lipinski definition) is 5. The lowest BCUT2D eigenvalue weighted by Gasteiger charge is -2.34. The summed E-state index contributed by atoms with van der Waals surface area (Å²) in [7, 11) is 1.58.